The first-order chi connectivity index (χ1) is 6.63. The van der Waals surface area contributed by atoms with E-state index in [1.807, 2.05) is 24.3 Å². The largest absolute Gasteiger partial charge is 0.465 e. The van der Waals surface area contributed by atoms with Crippen molar-refractivity contribution in [2.45, 2.75) is 39.4 Å². The molecule has 1 rings (SSSR count). The van der Waals surface area contributed by atoms with Gasteiger partial charge in [-0.25, -0.2) is 0 Å². The molecule has 0 radical (unpaired) electrons. The molecular formula is C12H18CfO2. The van der Waals surface area contributed by atoms with Gasteiger partial charge in [0.15, 0.2) is 6.29 Å². The molecule has 0 heterocycles. The smallest absolute Gasteiger partial charge is 0.194 e. The second kappa shape index (κ2) is 5.66. The maximum atomic E-state index is 9.01. The average Bonchev–Trinajstić information content (AvgIpc) is 2.17. The second-order valence-corrected chi connectivity index (χ2v) is 3.60. The Labute approximate surface area is 85.5 Å². The maximum Gasteiger partial charge on any atom is 0.194 e. The molecule has 0 aliphatic carbocycles. The minimum atomic E-state index is -0.746. The molecule has 0 saturated carbocycles. The van der Waals surface area contributed by atoms with E-state index < -0.39 is 6.29 Å². The summed E-state index contributed by atoms with van der Waals surface area (Å²) in [6.07, 6.45) is 0.390. The number of hydrogen-bond donors (Lipinski definition) is 1. The molecule has 0 bridgehead atoms. The van der Waals surface area contributed by atoms with Crippen LogP contribution < -0.4 is 4.74 Å². The Morgan fingerprint density at radius 1 is 1.20 bits per heavy atom. The zero-order chi connectivity index (χ0) is 10.6. The summed E-state index contributed by atoms with van der Waals surface area (Å²) in [5.41, 5.74) is 1.31. The Kier molecular flexibility index (Phi) is 4.89. The van der Waals surface area contributed by atoms with Gasteiger partial charge in [0.05, 0.1) is 0 Å². The predicted octanol–water partition coefficient (Wildman–Crippen LogP) is 2.92. The molecule has 0 aromatic heterocycles. The zero-order valence-corrected chi connectivity index (χ0v) is 12.0. The molecule has 2 unspecified atom stereocenters. The van der Waals surface area contributed by atoms with Crippen LogP contribution in [0.15, 0.2) is 24.3 Å². The third-order valence-electron chi connectivity index (χ3n) is 2.37. The van der Waals surface area contributed by atoms with Crippen molar-refractivity contribution >= 4 is 0 Å². The fourth-order valence-electron chi connectivity index (χ4n) is 1.31. The third kappa shape index (κ3) is 3.69. The summed E-state index contributed by atoms with van der Waals surface area (Å²) in [6, 6.07) is 7.89. The molecule has 0 aliphatic rings. The van der Waals surface area contributed by atoms with Crippen LogP contribution in [-0.4, -0.2) is 11.4 Å². The summed E-state index contributed by atoms with van der Waals surface area (Å²) in [5.74, 6) is 1.29. The van der Waals surface area contributed by atoms with Crippen molar-refractivity contribution in [1.82, 2.24) is 0 Å². The molecule has 15 heavy (non-hydrogen) atoms. The van der Waals surface area contributed by atoms with Crippen LogP contribution in [0.5, 0.6) is 5.75 Å². The van der Waals surface area contributed by atoms with Crippen molar-refractivity contribution in [3.63, 3.8) is 0 Å². The monoisotopic (exact) mass is 443 g/mol. The van der Waals surface area contributed by atoms with Crippen molar-refractivity contribution in [3.05, 3.63) is 29.8 Å². The van der Waals surface area contributed by atoms with Crippen molar-refractivity contribution < 1.29 is 9.84 Å². The van der Waals surface area contributed by atoms with E-state index in [9.17, 15) is 0 Å². The number of aliphatic hydroxyl groups excluding tert-OH is 1. The van der Waals surface area contributed by atoms with E-state index >= 15 is 0 Å². The number of ether oxygens (including phenoxy) is 1. The molecule has 0 aliphatic heterocycles. The first kappa shape index (κ1) is 13.0. The van der Waals surface area contributed by atoms with Gasteiger partial charge in [0, 0.05) is 0 Å². The van der Waals surface area contributed by atoms with Gasteiger partial charge in [-0.15, -0.1) is 0 Å². The molecule has 0 fully saturated rings. The van der Waals surface area contributed by atoms with Gasteiger partial charge < -0.3 is 9.84 Å². The van der Waals surface area contributed by atoms with Crippen molar-refractivity contribution in [1.29, 1.82) is 0 Å². The molecule has 1 aromatic rings. The van der Waals surface area contributed by atoms with Crippen LogP contribution in [0.3, 0.4) is 0 Å². The van der Waals surface area contributed by atoms with E-state index in [1.54, 1.807) is 6.92 Å². The molecule has 1 aromatic carbocycles. The molecule has 0 amide bonds. The van der Waals surface area contributed by atoms with E-state index in [4.69, 9.17) is 9.84 Å². The van der Waals surface area contributed by atoms with E-state index in [0.29, 0.717) is 11.7 Å². The summed E-state index contributed by atoms with van der Waals surface area (Å²) in [6.45, 7) is 5.97. The average molecular weight is 445 g/mol. The van der Waals surface area contributed by atoms with Crippen LogP contribution >= 0.6 is 0 Å². The summed E-state index contributed by atoms with van der Waals surface area (Å²) in [4.78, 5) is 0. The number of aliphatic hydroxyl groups is 1. The van der Waals surface area contributed by atoms with E-state index in [2.05, 4.69) is 13.8 Å². The SMILES string of the molecule is CCC(C)c1ccc(OC(C)O)cc1.[Cf]. The van der Waals surface area contributed by atoms with Gasteiger partial charge >= 0.3 is 0 Å². The van der Waals surface area contributed by atoms with E-state index in [-0.39, 0.29) is 0 Å². The predicted molar refractivity (Wildman–Crippen MR) is 57.5 cm³/mol. The van der Waals surface area contributed by atoms with Crippen molar-refractivity contribution in [2.24, 2.45) is 0 Å². The maximum absolute atomic E-state index is 9.01. The Morgan fingerprint density at radius 2 is 1.73 bits per heavy atom. The van der Waals surface area contributed by atoms with Crippen LogP contribution in [0.2, 0.25) is 0 Å². The molecule has 2 nitrogen and oxygen atoms in total. The van der Waals surface area contributed by atoms with E-state index in [1.165, 1.54) is 5.56 Å². The standard InChI is InChI=1S/C12H18O2.Cf/c1-4-9(2)11-5-7-12(8-6-11)14-10(3)13;/h5-10,13H,4H2,1-3H3;. The summed E-state index contributed by atoms with van der Waals surface area (Å²) < 4.78 is 5.14. The summed E-state index contributed by atoms with van der Waals surface area (Å²) in [7, 11) is 0. The number of rotatable bonds is 4. The molecular weight excluding hydrogens is 427 g/mol. The van der Waals surface area contributed by atoms with Crippen LogP contribution in [0, 0.1) is 0 Å². The molecule has 3 heteroatoms. The zero-order valence-electron chi connectivity index (χ0n) is 9.34. The minimum Gasteiger partial charge on any atom is -0.465 e. The Hall–Kier alpha value is -2.02. The fourth-order valence-corrected chi connectivity index (χ4v) is 1.31. The van der Waals surface area contributed by atoms with Gasteiger partial charge in [0.2, 0.25) is 0 Å². The van der Waals surface area contributed by atoms with Crippen molar-refractivity contribution in [3.8, 4) is 5.75 Å². The van der Waals surface area contributed by atoms with Crippen molar-refractivity contribution in [2.75, 3.05) is 0 Å². The summed E-state index contributed by atoms with van der Waals surface area (Å²) in [5, 5.41) is 9.01. The fraction of sp³-hybridized carbons (Fsp3) is 0.500. The van der Waals surface area contributed by atoms with Crippen LogP contribution in [0.25, 0.3) is 0 Å². The van der Waals surface area contributed by atoms with Gasteiger partial charge in [-0.2, -0.15) is 0 Å². The van der Waals surface area contributed by atoms with Gasteiger partial charge in [0.25, 0.3) is 0 Å². The first-order valence-electron chi connectivity index (χ1n) is 5.08. The molecule has 2 atom stereocenters. The Morgan fingerprint density at radius 3 is 2.13 bits per heavy atom. The van der Waals surface area contributed by atoms with Crippen LogP contribution in [0.4, 0.5) is 0 Å². The topological polar surface area (TPSA) is 29.5 Å². The molecule has 88 valence electrons. The third-order valence-corrected chi connectivity index (χ3v) is 2.37. The minimum absolute atomic E-state index is 0. The summed E-state index contributed by atoms with van der Waals surface area (Å²) >= 11 is 0. The number of benzene rings is 1. The molecule has 0 saturated heterocycles. The van der Waals surface area contributed by atoms with Gasteiger partial charge in [-0.3, -0.25) is 0 Å². The molecule has 1 N–H and O–H groups in total. The van der Waals surface area contributed by atoms with Gasteiger partial charge in [0.1, 0.15) is 5.75 Å². The van der Waals surface area contributed by atoms with Gasteiger partial charge in [-0.05, 0) is 37.0 Å². The van der Waals surface area contributed by atoms with Gasteiger partial charge in [-0.1, -0.05) is 26.0 Å². The Bertz CT molecular complexity index is 269. The normalized spacial score (nSPS) is 13.9. The quantitative estimate of drug-likeness (QED) is 0.723. The van der Waals surface area contributed by atoms with Crippen LogP contribution in [-0.2, 0) is 0 Å². The number of hydrogen-bond acceptors (Lipinski definition) is 2. The Balaban J connectivity index is 0.00000196. The van der Waals surface area contributed by atoms with E-state index in [0.717, 1.165) is 6.42 Å². The molecule has 0 spiro atoms. The first-order valence-corrected chi connectivity index (χ1v) is 5.08. The van der Waals surface area contributed by atoms with Crippen LogP contribution in [0.1, 0.15) is 38.7 Å². The second-order valence-electron chi connectivity index (χ2n) is 3.60.